The molecule has 3 N–H and O–H groups in total. The van der Waals surface area contributed by atoms with E-state index in [2.05, 4.69) is 12.1 Å². The van der Waals surface area contributed by atoms with E-state index < -0.39 is 5.82 Å². The smallest absolute Gasteiger partial charge is 0.176 e. The van der Waals surface area contributed by atoms with Gasteiger partial charge in [-0.05, 0) is 37.3 Å². The monoisotopic (exact) mass is 280 g/mol. The Balaban J connectivity index is 2.19. The van der Waals surface area contributed by atoms with Crippen LogP contribution in [-0.2, 0) is 0 Å². The summed E-state index contributed by atoms with van der Waals surface area (Å²) in [6.07, 6.45) is 5.49. The van der Waals surface area contributed by atoms with Gasteiger partial charge in [-0.2, -0.15) is 0 Å². The van der Waals surface area contributed by atoms with Gasteiger partial charge in [-0.3, -0.25) is 0 Å². The van der Waals surface area contributed by atoms with Gasteiger partial charge in [-0.1, -0.05) is 31.0 Å². The number of oxime groups is 1. The van der Waals surface area contributed by atoms with Gasteiger partial charge < -0.3 is 15.7 Å². The van der Waals surface area contributed by atoms with Crippen LogP contribution in [-0.4, -0.2) is 17.1 Å². The van der Waals surface area contributed by atoms with Gasteiger partial charge in [0.05, 0.1) is 11.7 Å². The molecule has 0 heterocycles. The summed E-state index contributed by atoms with van der Waals surface area (Å²) in [4.78, 5) is 0. The number of hydrogen-bond donors (Lipinski definition) is 2. The summed E-state index contributed by atoms with van der Waals surface area (Å²) in [5, 5.41) is 11.6. The van der Waals surface area contributed by atoms with Crippen LogP contribution in [0.1, 0.15) is 44.6 Å². The highest BCUT2D eigenvalue weighted by molar-refractivity contribution is 5.99. The van der Waals surface area contributed by atoms with Crippen molar-refractivity contribution in [1.29, 1.82) is 0 Å². The minimum atomic E-state index is -0.541. The van der Waals surface area contributed by atoms with E-state index in [1.165, 1.54) is 12.5 Å². The van der Waals surface area contributed by atoms with E-state index in [9.17, 15) is 4.39 Å². The fraction of sp³-hybridized carbons (Fsp3) is 0.533. The molecule has 1 fully saturated rings. The lowest BCUT2D eigenvalue weighted by atomic mass is 9.85. The molecule has 4 nitrogen and oxygen atoms in total. The molecule has 0 spiro atoms. The highest BCUT2D eigenvalue weighted by atomic mass is 19.1. The van der Waals surface area contributed by atoms with E-state index >= 15 is 0 Å². The third kappa shape index (κ3) is 3.21. The quantitative estimate of drug-likeness (QED) is 0.385. The lowest BCUT2D eigenvalue weighted by Crippen LogP contribution is -2.26. The predicted octanol–water partition coefficient (Wildman–Crippen LogP) is 3.27. The van der Waals surface area contributed by atoms with E-state index in [-0.39, 0.29) is 17.5 Å². The molecular weight excluding hydrogens is 259 g/mol. The molecule has 1 aliphatic carbocycles. The van der Waals surface area contributed by atoms with Crippen LogP contribution < -0.4 is 10.5 Å². The van der Waals surface area contributed by atoms with Crippen molar-refractivity contribution in [3.8, 4) is 5.75 Å². The fourth-order valence-corrected chi connectivity index (χ4v) is 2.80. The molecular formula is C15H21FN2O2. The van der Waals surface area contributed by atoms with Crippen LogP contribution in [0.3, 0.4) is 0 Å². The summed E-state index contributed by atoms with van der Waals surface area (Å²) in [5.74, 6) is 0.207. The van der Waals surface area contributed by atoms with Gasteiger partial charge in [-0.15, -0.1) is 0 Å². The summed E-state index contributed by atoms with van der Waals surface area (Å²) < 4.78 is 19.7. The predicted molar refractivity (Wildman–Crippen MR) is 75.6 cm³/mol. The largest absolute Gasteiger partial charge is 0.490 e. The van der Waals surface area contributed by atoms with Crippen molar-refractivity contribution in [2.75, 3.05) is 0 Å². The van der Waals surface area contributed by atoms with Crippen molar-refractivity contribution in [3.63, 3.8) is 0 Å². The van der Waals surface area contributed by atoms with Crippen LogP contribution in [0.2, 0.25) is 0 Å². The maximum atomic E-state index is 13.8. The Labute approximate surface area is 118 Å². The number of benzene rings is 1. The molecule has 0 radical (unpaired) electrons. The minimum Gasteiger partial charge on any atom is -0.490 e. The maximum absolute atomic E-state index is 13.8. The van der Waals surface area contributed by atoms with Gasteiger partial charge in [0.25, 0.3) is 0 Å². The van der Waals surface area contributed by atoms with Crippen molar-refractivity contribution in [2.24, 2.45) is 16.8 Å². The molecule has 0 aromatic heterocycles. The van der Waals surface area contributed by atoms with Crippen molar-refractivity contribution in [3.05, 3.63) is 29.6 Å². The van der Waals surface area contributed by atoms with Gasteiger partial charge in [0, 0.05) is 0 Å². The first-order chi connectivity index (χ1) is 9.65. The number of ether oxygens (including phenoxy) is 1. The van der Waals surface area contributed by atoms with Crippen LogP contribution in [0.15, 0.2) is 23.4 Å². The Kier molecular flexibility index (Phi) is 4.82. The normalized spacial score (nSPS) is 23.6. The SMILES string of the molecule is CCC1CCCC(Oc2cccc(F)c2C(N)=NO)C1. The Morgan fingerprint density at radius 2 is 2.30 bits per heavy atom. The van der Waals surface area contributed by atoms with Crippen molar-refractivity contribution >= 4 is 5.84 Å². The molecule has 2 rings (SSSR count). The average molecular weight is 280 g/mol. The van der Waals surface area contributed by atoms with Crippen LogP contribution >= 0.6 is 0 Å². The van der Waals surface area contributed by atoms with Gasteiger partial charge in [-0.25, -0.2) is 4.39 Å². The zero-order valence-corrected chi connectivity index (χ0v) is 11.7. The second kappa shape index (κ2) is 6.59. The molecule has 0 amide bonds. The van der Waals surface area contributed by atoms with E-state index in [0.717, 1.165) is 25.7 Å². The van der Waals surface area contributed by atoms with Crippen LogP contribution in [0.4, 0.5) is 4.39 Å². The number of amidine groups is 1. The minimum absolute atomic E-state index is 0.0358. The molecule has 1 aliphatic rings. The maximum Gasteiger partial charge on any atom is 0.176 e. The van der Waals surface area contributed by atoms with Crippen molar-refractivity contribution < 1.29 is 14.3 Å². The van der Waals surface area contributed by atoms with E-state index in [0.29, 0.717) is 11.7 Å². The number of hydrogen-bond acceptors (Lipinski definition) is 3. The molecule has 2 unspecified atom stereocenters. The van der Waals surface area contributed by atoms with Gasteiger partial charge in [0.15, 0.2) is 5.84 Å². The number of nitrogens with zero attached hydrogens (tertiary/aromatic N) is 1. The molecule has 1 aromatic carbocycles. The van der Waals surface area contributed by atoms with Crippen LogP contribution in [0.5, 0.6) is 5.75 Å². The average Bonchev–Trinajstić information content (AvgIpc) is 2.47. The molecule has 0 saturated heterocycles. The fourth-order valence-electron chi connectivity index (χ4n) is 2.80. The first-order valence-electron chi connectivity index (χ1n) is 7.08. The van der Waals surface area contributed by atoms with E-state index in [4.69, 9.17) is 15.7 Å². The molecule has 1 saturated carbocycles. The summed E-state index contributed by atoms with van der Waals surface area (Å²) in [6, 6.07) is 4.50. The molecule has 2 atom stereocenters. The molecule has 110 valence electrons. The van der Waals surface area contributed by atoms with Crippen LogP contribution in [0.25, 0.3) is 0 Å². The topological polar surface area (TPSA) is 67.8 Å². The van der Waals surface area contributed by atoms with Crippen LogP contribution in [0, 0.1) is 11.7 Å². The Hall–Kier alpha value is -1.78. The first-order valence-corrected chi connectivity index (χ1v) is 7.08. The standard InChI is InChI=1S/C15H21FN2O2/c1-2-10-5-3-6-11(9-10)20-13-8-4-7-12(16)14(13)15(17)18-19/h4,7-8,10-11,19H,2-3,5-6,9H2,1H3,(H2,17,18). The molecule has 0 bridgehead atoms. The zero-order valence-electron chi connectivity index (χ0n) is 11.7. The third-order valence-corrected chi connectivity index (χ3v) is 3.94. The number of rotatable bonds is 4. The Morgan fingerprint density at radius 3 is 3.00 bits per heavy atom. The Morgan fingerprint density at radius 1 is 1.50 bits per heavy atom. The number of nitrogens with two attached hydrogens (primary N) is 1. The van der Waals surface area contributed by atoms with Crippen molar-refractivity contribution in [2.45, 2.75) is 45.1 Å². The lowest BCUT2D eigenvalue weighted by Gasteiger charge is -2.29. The molecule has 1 aromatic rings. The second-order valence-corrected chi connectivity index (χ2v) is 5.28. The van der Waals surface area contributed by atoms with Gasteiger partial charge in [0.2, 0.25) is 0 Å². The second-order valence-electron chi connectivity index (χ2n) is 5.28. The lowest BCUT2D eigenvalue weighted by molar-refractivity contribution is 0.121. The first kappa shape index (κ1) is 14.6. The molecule has 5 heteroatoms. The van der Waals surface area contributed by atoms with Crippen molar-refractivity contribution in [1.82, 2.24) is 0 Å². The zero-order chi connectivity index (χ0) is 14.5. The van der Waals surface area contributed by atoms with E-state index in [1.54, 1.807) is 12.1 Å². The summed E-state index contributed by atoms with van der Waals surface area (Å²) in [7, 11) is 0. The van der Waals surface area contributed by atoms with E-state index in [1.807, 2.05) is 0 Å². The third-order valence-electron chi connectivity index (χ3n) is 3.94. The molecule has 20 heavy (non-hydrogen) atoms. The van der Waals surface area contributed by atoms with Gasteiger partial charge >= 0.3 is 0 Å². The Bertz CT molecular complexity index is 491. The highest BCUT2D eigenvalue weighted by Gasteiger charge is 2.24. The summed E-state index contributed by atoms with van der Waals surface area (Å²) >= 11 is 0. The number of halogens is 1. The summed E-state index contributed by atoms with van der Waals surface area (Å²) in [5.41, 5.74) is 5.57. The molecule has 0 aliphatic heterocycles. The highest BCUT2D eigenvalue weighted by Crippen LogP contribution is 2.31. The van der Waals surface area contributed by atoms with Gasteiger partial charge in [0.1, 0.15) is 11.6 Å². The summed E-state index contributed by atoms with van der Waals surface area (Å²) in [6.45, 7) is 2.18.